The maximum Gasteiger partial charge on any atom is 0.160 e. The van der Waals surface area contributed by atoms with Crippen molar-refractivity contribution in [2.45, 2.75) is 91.9 Å². The molecule has 0 aliphatic heterocycles. The van der Waals surface area contributed by atoms with Gasteiger partial charge in [-0.15, -0.1) is 45.3 Å². The summed E-state index contributed by atoms with van der Waals surface area (Å²) >= 11 is 6.84. The van der Waals surface area contributed by atoms with Gasteiger partial charge in [-0.25, -0.2) is 0 Å². The fourth-order valence-electron chi connectivity index (χ4n) is 10.2. The zero-order valence-corrected chi connectivity index (χ0v) is 45.9. The van der Waals surface area contributed by atoms with Crippen LogP contribution >= 0.6 is 45.3 Å². The molecule has 0 spiro atoms. The lowest BCUT2D eigenvalue weighted by atomic mass is 9.67. The molecule has 3 unspecified atom stereocenters. The van der Waals surface area contributed by atoms with Gasteiger partial charge in [0.25, 0.3) is 0 Å². The number of fused-ring (bicyclic) bond motifs is 9. The van der Waals surface area contributed by atoms with Crippen molar-refractivity contribution in [1.29, 1.82) is 0 Å². The van der Waals surface area contributed by atoms with Crippen molar-refractivity contribution >= 4 is 67.3 Å². The molecule has 4 aromatic carbocycles. The molecule has 0 N–H and O–H groups in total. The van der Waals surface area contributed by atoms with Crippen molar-refractivity contribution in [3.8, 4) is 42.5 Å². The molecule has 72 heavy (non-hydrogen) atoms. The first-order valence-electron chi connectivity index (χ1n) is 25.7. The van der Waals surface area contributed by atoms with E-state index in [1.165, 1.54) is 30.3 Å². The van der Waals surface area contributed by atoms with Crippen LogP contribution in [-0.2, 0) is 10.8 Å². The fourth-order valence-corrected chi connectivity index (χ4v) is 15.7. The molecule has 6 nitrogen and oxygen atoms in total. The van der Waals surface area contributed by atoms with Crippen molar-refractivity contribution in [3.05, 3.63) is 163 Å². The number of aldehydes is 2. The van der Waals surface area contributed by atoms with E-state index in [4.69, 9.17) is 18.9 Å². The van der Waals surface area contributed by atoms with Crippen LogP contribution in [0.3, 0.4) is 0 Å². The molecule has 372 valence electrons. The topological polar surface area (TPSA) is 71.1 Å². The maximum absolute atomic E-state index is 12.9. The number of hydrogen-bond donors (Lipinski definition) is 0. The van der Waals surface area contributed by atoms with Gasteiger partial charge in [-0.2, -0.15) is 0 Å². The molecule has 0 saturated carbocycles. The van der Waals surface area contributed by atoms with Crippen LogP contribution in [0, 0.1) is 23.7 Å². The molecular weight excluding hydrogens is 969 g/mol. The van der Waals surface area contributed by atoms with Crippen LogP contribution in [0.15, 0.2) is 109 Å². The SMILES string of the molecule is CCC(C)COc1ccc(C2(c3ccc(OC[C@@H](C)CC)cc3)c3cc(C=O)sc3-c3sc4c5c(sc4c32)-c2sc(C=O)cc2C5(c2ccc(OC[C@H](C)CC)cc2)c2ccc(OC[C@@H](C)CC)cc2)cc1. The van der Waals surface area contributed by atoms with Gasteiger partial charge in [-0.05, 0) is 118 Å². The number of rotatable bonds is 22. The van der Waals surface area contributed by atoms with Crippen LogP contribution in [0.1, 0.15) is 145 Å². The Balaban J connectivity index is 1.24. The van der Waals surface area contributed by atoms with Crippen LogP contribution in [0.4, 0.5) is 0 Å². The lowest BCUT2D eigenvalue weighted by molar-refractivity contribution is 0.111. The second kappa shape index (κ2) is 20.8. The molecule has 4 aromatic heterocycles. The van der Waals surface area contributed by atoms with Gasteiger partial charge in [0.2, 0.25) is 0 Å². The Morgan fingerprint density at radius 1 is 0.403 bits per heavy atom. The molecule has 4 heterocycles. The summed E-state index contributed by atoms with van der Waals surface area (Å²) in [6.45, 7) is 20.2. The smallest absolute Gasteiger partial charge is 0.160 e. The molecule has 10 rings (SSSR count). The van der Waals surface area contributed by atoms with Gasteiger partial charge < -0.3 is 18.9 Å². The lowest BCUT2D eigenvalue weighted by Crippen LogP contribution is -2.29. The Kier molecular flexibility index (Phi) is 14.4. The van der Waals surface area contributed by atoms with E-state index in [1.54, 1.807) is 22.7 Å². The summed E-state index contributed by atoms with van der Waals surface area (Å²) in [5.74, 6) is 5.07. The summed E-state index contributed by atoms with van der Waals surface area (Å²) < 4.78 is 27.9. The van der Waals surface area contributed by atoms with E-state index in [2.05, 4.69) is 165 Å². The minimum Gasteiger partial charge on any atom is -0.493 e. The summed E-state index contributed by atoms with van der Waals surface area (Å²) in [6, 6.07) is 39.0. The first kappa shape index (κ1) is 50.0. The number of benzene rings is 4. The Morgan fingerprint density at radius 2 is 0.667 bits per heavy atom. The second-order valence-corrected chi connectivity index (χ2v) is 24.4. The van der Waals surface area contributed by atoms with Crippen LogP contribution in [0.2, 0.25) is 0 Å². The van der Waals surface area contributed by atoms with E-state index < -0.39 is 10.8 Å². The van der Waals surface area contributed by atoms with Gasteiger partial charge in [0.15, 0.2) is 12.6 Å². The van der Waals surface area contributed by atoms with Crippen molar-refractivity contribution in [2.75, 3.05) is 26.4 Å². The molecule has 6 atom stereocenters. The third kappa shape index (κ3) is 8.54. The lowest BCUT2D eigenvalue weighted by Gasteiger charge is -2.34. The van der Waals surface area contributed by atoms with Crippen molar-refractivity contribution in [2.24, 2.45) is 23.7 Å². The Labute approximate surface area is 441 Å². The molecule has 0 radical (unpaired) electrons. The highest BCUT2D eigenvalue weighted by molar-refractivity contribution is 7.34. The number of ether oxygens (including phenoxy) is 4. The molecular formula is C62H64O6S4. The molecule has 0 amide bonds. The van der Waals surface area contributed by atoms with E-state index in [1.807, 2.05) is 22.7 Å². The van der Waals surface area contributed by atoms with E-state index in [0.29, 0.717) is 59.9 Å². The number of carbonyl (C=O) groups is 2. The third-order valence-electron chi connectivity index (χ3n) is 15.3. The number of hydrogen-bond acceptors (Lipinski definition) is 10. The second-order valence-electron chi connectivity index (χ2n) is 20.2. The predicted molar refractivity (Wildman–Crippen MR) is 301 cm³/mol. The minimum atomic E-state index is -0.790. The highest BCUT2D eigenvalue weighted by atomic mass is 32.1. The largest absolute Gasteiger partial charge is 0.493 e. The van der Waals surface area contributed by atoms with Crippen LogP contribution in [0.5, 0.6) is 23.0 Å². The zero-order valence-electron chi connectivity index (χ0n) is 42.6. The Morgan fingerprint density at radius 3 is 0.903 bits per heavy atom. The van der Waals surface area contributed by atoms with Crippen LogP contribution in [0.25, 0.3) is 28.9 Å². The highest BCUT2D eigenvalue weighted by Crippen LogP contribution is 2.70. The standard InChI is InChI=1S/C62H64O6S4/c1-9-37(5)33-65-45-21-13-41(14-22-45)61(42-15-23-46(24-16-42)66-34-38(6)10-2)51-29-49(31-63)69-55(51)57-53(61)59-60(71-57)54-58(72-59)56-52(30-50(32-64)70-56)62(54,43-17-25-47(26-18-43)67-35-39(7)11-3)44-19-27-48(28-20-44)68-36-40(8)12-4/h13-32,37-40H,9-12,33-36H2,1-8H3/t37-,38+,39-,40?,61?,62?/m0/s1. The first-order valence-corrected chi connectivity index (χ1v) is 29.0. The quantitative estimate of drug-likeness (QED) is 0.0630. The van der Waals surface area contributed by atoms with E-state index in [-0.39, 0.29) is 0 Å². The van der Waals surface area contributed by atoms with E-state index in [0.717, 1.165) is 104 Å². The molecule has 2 aliphatic rings. The molecule has 10 heteroatoms. The van der Waals surface area contributed by atoms with Crippen molar-refractivity contribution < 1.29 is 28.5 Å². The van der Waals surface area contributed by atoms with Gasteiger partial charge >= 0.3 is 0 Å². The summed E-state index contributed by atoms with van der Waals surface area (Å²) in [5, 5.41) is 0. The maximum atomic E-state index is 12.9. The Bertz CT molecular complexity index is 2860. The minimum absolute atomic E-state index is 0.435. The summed E-state index contributed by atoms with van der Waals surface area (Å²) in [7, 11) is 0. The summed E-state index contributed by atoms with van der Waals surface area (Å²) in [4.78, 5) is 31.8. The molecule has 0 bridgehead atoms. The van der Waals surface area contributed by atoms with E-state index in [9.17, 15) is 9.59 Å². The van der Waals surface area contributed by atoms with Gasteiger partial charge in [-0.3, -0.25) is 9.59 Å². The summed E-state index contributed by atoms with van der Waals surface area (Å²) in [5.41, 5.74) is 7.50. The molecule has 8 aromatic rings. The predicted octanol–water partition coefficient (Wildman–Crippen LogP) is 17.1. The average Bonchev–Trinajstić information content (AvgIpc) is 4.27. The van der Waals surface area contributed by atoms with E-state index >= 15 is 0 Å². The first-order chi connectivity index (χ1) is 35.0. The average molecular weight is 1030 g/mol. The van der Waals surface area contributed by atoms with Crippen LogP contribution < -0.4 is 18.9 Å². The van der Waals surface area contributed by atoms with Crippen LogP contribution in [-0.4, -0.2) is 39.0 Å². The molecule has 2 aliphatic carbocycles. The van der Waals surface area contributed by atoms with Gasteiger partial charge in [0.1, 0.15) is 23.0 Å². The highest BCUT2D eigenvalue weighted by Gasteiger charge is 2.55. The fraction of sp³-hybridized carbons (Fsp3) is 0.355. The number of thiophene rings is 4. The van der Waals surface area contributed by atoms with Gasteiger partial charge in [-0.1, -0.05) is 130 Å². The van der Waals surface area contributed by atoms with Crippen molar-refractivity contribution in [3.63, 3.8) is 0 Å². The normalized spacial score (nSPS) is 18.2. The Hall–Kier alpha value is -5.52. The van der Waals surface area contributed by atoms with Gasteiger partial charge in [0.05, 0.1) is 75.9 Å². The summed E-state index contributed by atoms with van der Waals surface area (Å²) in [6.07, 6.45) is 6.17. The third-order valence-corrected chi connectivity index (χ3v) is 20.3. The van der Waals surface area contributed by atoms with Gasteiger partial charge in [0, 0.05) is 11.1 Å². The molecule has 0 saturated heterocycles. The zero-order chi connectivity index (χ0) is 50.3. The van der Waals surface area contributed by atoms with Crippen molar-refractivity contribution in [1.82, 2.24) is 0 Å². The molecule has 0 fully saturated rings. The number of carbonyl (C=O) groups excluding carboxylic acids is 2. The monoisotopic (exact) mass is 1030 g/mol.